The average Bonchev–Trinajstić information content (AvgIpc) is 2.49. The number of imidazole rings is 1. The van der Waals surface area contributed by atoms with E-state index in [4.69, 9.17) is 0 Å². The van der Waals surface area contributed by atoms with E-state index in [9.17, 15) is 0 Å². The van der Waals surface area contributed by atoms with Gasteiger partial charge in [-0.25, -0.2) is 9.97 Å². The third-order valence-corrected chi connectivity index (χ3v) is 2.21. The van der Waals surface area contributed by atoms with E-state index in [2.05, 4.69) is 31.2 Å². The van der Waals surface area contributed by atoms with E-state index in [1.807, 2.05) is 23.8 Å². The van der Waals surface area contributed by atoms with Crippen molar-refractivity contribution in [3.05, 3.63) is 28.9 Å². The first-order chi connectivity index (χ1) is 6.31. The Morgan fingerprint density at radius 1 is 1.46 bits per heavy atom. The largest absolute Gasteiger partial charge is 0.314 e. The van der Waals surface area contributed by atoms with Crippen molar-refractivity contribution in [3.63, 3.8) is 0 Å². The van der Waals surface area contributed by atoms with Crippen molar-refractivity contribution in [3.8, 4) is 0 Å². The lowest BCUT2D eigenvalue weighted by atomic mass is 10.5. The molecule has 1 N–H and O–H groups in total. The molecule has 0 amide bonds. The molecule has 68 valence electrons. The molecular weight excluding hydrogens is 232 g/mol. The van der Waals surface area contributed by atoms with Crippen molar-refractivity contribution in [2.75, 3.05) is 7.05 Å². The highest BCUT2D eigenvalue weighted by Crippen LogP contribution is 2.10. The van der Waals surface area contributed by atoms with Gasteiger partial charge in [-0.2, -0.15) is 0 Å². The maximum atomic E-state index is 4.22. The molecule has 0 saturated carbocycles. The van der Waals surface area contributed by atoms with E-state index >= 15 is 0 Å². The summed E-state index contributed by atoms with van der Waals surface area (Å²) in [5.41, 5.74) is 1.99. The third kappa shape index (κ3) is 1.57. The SMILES string of the molecule is CNCc1cnc2cnc(Br)cn12. The van der Waals surface area contributed by atoms with Gasteiger partial charge >= 0.3 is 0 Å². The predicted molar refractivity (Wildman–Crippen MR) is 53.5 cm³/mol. The molecule has 0 aliphatic carbocycles. The molecule has 0 fully saturated rings. The van der Waals surface area contributed by atoms with Gasteiger partial charge in [0.25, 0.3) is 0 Å². The molecule has 2 heterocycles. The zero-order chi connectivity index (χ0) is 9.26. The van der Waals surface area contributed by atoms with Crippen LogP contribution in [0.2, 0.25) is 0 Å². The second-order valence-electron chi connectivity index (χ2n) is 2.72. The fraction of sp³-hybridized carbons (Fsp3) is 0.250. The van der Waals surface area contributed by atoms with Gasteiger partial charge in [0.15, 0.2) is 5.65 Å². The molecule has 13 heavy (non-hydrogen) atoms. The summed E-state index contributed by atoms with van der Waals surface area (Å²) in [7, 11) is 1.91. The summed E-state index contributed by atoms with van der Waals surface area (Å²) < 4.78 is 2.82. The summed E-state index contributed by atoms with van der Waals surface area (Å²) in [5.74, 6) is 0. The number of halogens is 1. The Hall–Kier alpha value is -0.940. The van der Waals surface area contributed by atoms with Crippen LogP contribution in [0.4, 0.5) is 0 Å². The zero-order valence-electron chi connectivity index (χ0n) is 7.16. The van der Waals surface area contributed by atoms with Crippen molar-refractivity contribution in [2.24, 2.45) is 0 Å². The molecule has 2 aromatic heterocycles. The lowest BCUT2D eigenvalue weighted by molar-refractivity contribution is 0.780. The number of nitrogens with zero attached hydrogens (tertiary/aromatic N) is 3. The number of rotatable bonds is 2. The highest BCUT2D eigenvalue weighted by molar-refractivity contribution is 9.10. The van der Waals surface area contributed by atoms with Crippen LogP contribution >= 0.6 is 15.9 Å². The number of hydrogen-bond acceptors (Lipinski definition) is 3. The molecule has 0 aliphatic heterocycles. The summed E-state index contributed by atoms with van der Waals surface area (Å²) in [5, 5.41) is 3.09. The second kappa shape index (κ2) is 3.43. The average molecular weight is 241 g/mol. The van der Waals surface area contributed by atoms with Crippen LogP contribution in [0.5, 0.6) is 0 Å². The van der Waals surface area contributed by atoms with Crippen molar-refractivity contribution >= 4 is 21.6 Å². The van der Waals surface area contributed by atoms with E-state index in [0.29, 0.717) is 0 Å². The fourth-order valence-electron chi connectivity index (χ4n) is 1.23. The van der Waals surface area contributed by atoms with Gasteiger partial charge in [-0.1, -0.05) is 0 Å². The van der Waals surface area contributed by atoms with E-state index in [1.54, 1.807) is 6.20 Å². The van der Waals surface area contributed by atoms with Gasteiger partial charge < -0.3 is 5.32 Å². The molecule has 0 spiro atoms. The third-order valence-electron chi connectivity index (χ3n) is 1.80. The van der Waals surface area contributed by atoms with Gasteiger partial charge in [0.1, 0.15) is 4.60 Å². The minimum Gasteiger partial charge on any atom is -0.314 e. The molecule has 5 heteroatoms. The van der Waals surface area contributed by atoms with Crippen LogP contribution in [0.1, 0.15) is 5.69 Å². The van der Waals surface area contributed by atoms with Crippen LogP contribution in [0.25, 0.3) is 5.65 Å². The molecule has 0 unspecified atom stereocenters. The zero-order valence-corrected chi connectivity index (χ0v) is 8.74. The van der Waals surface area contributed by atoms with Crippen LogP contribution in [0.15, 0.2) is 23.2 Å². The molecule has 0 saturated heterocycles. The monoisotopic (exact) mass is 240 g/mol. The van der Waals surface area contributed by atoms with Crippen molar-refractivity contribution in [2.45, 2.75) is 6.54 Å². The van der Waals surface area contributed by atoms with Crippen LogP contribution in [0, 0.1) is 0 Å². The summed E-state index contributed by atoms with van der Waals surface area (Å²) >= 11 is 3.32. The molecule has 2 aromatic rings. The van der Waals surface area contributed by atoms with Gasteiger partial charge in [-0.3, -0.25) is 4.40 Å². The minimum atomic E-state index is 0.803. The number of hydrogen-bond donors (Lipinski definition) is 1. The Labute approximate surface area is 84.1 Å². The Bertz CT molecular complexity index is 423. The van der Waals surface area contributed by atoms with Crippen LogP contribution in [-0.2, 0) is 6.54 Å². The van der Waals surface area contributed by atoms with Crippen molar-refractivity contribution in [1.29, 1.82) is 0 Å². The molecule has 0 radical (unpaired) electrons. The van der Waals surface area contributed by atoms with Gasteiger partial charge in [0.05, 0.1) is 18.1 Å². The summed E-state index contributed by atoms with van der Waals surface area (Å²) in [6.45, 7) is 0.803. The molecule has 0 aromatic carbocycles. The van der Waals surface area contributed by atoms with Crippen LogP contribution in [0.3, 0.4) is 0 Å². The quantitative estimate of drug-likeness (QED) is 0.859. The number of fused-ring (bicyclic) bond motifs is 1. The molecule has 0 atom stereocenters. The van der Waals surface area contributed by atoms with Crippen LogP contribution in [-0.4, -0.2) is 21.4 Å². The first-order valence-electron chi connectivity index (χ1n) is 3.93. The lowest BCUT2D eigenvalue weighted by Gasteiger charge is -1.99. The summed E-state index contributed by atoms with van der Waals surface area (Å²) in [6.07, 6.45) is 5.50. The Kier molecular flexibility index (Phi) is 2.28. The normalized spacial score (nSPS) is 10.9. The first kappa shape index (κ1) is 8.65. The molecular formula is C8H9BrN4. The van der Waals surface area contributed by atoms with Gasteiger partial charge in [-0.05, 0) is 23.0 Å². The molecule has 2 rings (SSSR count). The maximum absolute atomic E-state index is 4.22. The highest BCUT2D eigenvalue weighted by atomic mass is 79.9. The van der Waals surface area contributed by atoms with E-state index in [1.165, 1.54) is 0 Å². The summed E-state index contributed by atoms with van der Waals surface area (Å²) in [4.78, 5) is 8.31. The topological polar surface area (TPSA) is 42.2 Å². The molecule has 0 bridgehead atoms. The van der Waals surface area contributed by atoms with Gasteiger partial charge in [-0.15, -0.1) is 0 Å². The standard InChI is InChI=1S/C8H9BrN4/c1-10-2-6-3-12-8-4-11-7(9)5-13(6)8/h3-5,10H,2H2,1H3. The van der Waals surface area contributed by atoms with E-state index in [-0.39, 0.29) is 0 Å². The van der Waals surface area contributed by atoms with Crippen molar-refractivity contribution in [1.82, 2.24) is 19.7 Å². The molecule has 0 aliphatic rings. The number of nitrogens with one attached hydrogen (secondary N) is 1. The Balaban J connectivity index is 2.58. The lowest BCUT2D eigenvalue weighted by Crippen LogP contribution is -2.07. The first-order valence-corrected chi connectivity index (χ1v) is 4.72. The smallest absolute Gasteiger partial charge is 0.155 e. The van der Waals surface area contributed by atoms with Gasteiger partial charge in [0.2, 0.25) is 0 Å². The minimum absolute atomic E-state index is 0.803. The van der Waals surface area contributed by atoms with E-state index < -0.39 is 0 Å². The van der Waals surface area contributed by atoms with Crippen LogP contribution < -0.4 is 5.32 Å². The molecule has 4 nitrogen and oxygen atoms in total. The van der Waals surface area contributed by atoms with E-state index in [0.717, 1.165) is 22.5 Å². The number of aromatic nitrogens is 3. The second-order valence-corrected chi connectivity index (χ2v) is 3.53. The fourth-order valence-corrected chi connectivity index (χ4v) is 1.54. The van der Waals surface area contributed by atoms with Gasteiger partial charge in [0, 0.05) is 12.7 Å². The Morgan fingerprint density at radius 2 is 2.31 bits per heavy atom. The highest BCUT2D eigenvalue weighted by Gasteiger charge is 2.02. The van der Waals surface area contributed by atoms with Crippen molar-refractivity contribution < 1.29 is 0 Å². The predicted octanol–water partition coefficient (Wildman–Crippen LogP) is 1.21. The maximum Gasteiger partial charge on any atom is 0.155 e. The summed E-state index contributed by atoms with van der Waals surface area (Å²) in [6, 6.07) is 0. The Morgan fingerprint density at radius 3 is 3.08 bits per heavy atom.